The van der Waals surface area contributed by atoms with Gasteiger partial charge in [0.25, 0.3) is 0 Å². The van der Waals surface area contributed by atoms with Crippen molar-refractivity contribution in [2.24, 2.45) is 0 Å². The highest BCUT2D eigenvalue weighted by Gasteiger charge is 2.39. The Labute approximate surface area is 111 Å². The lowest BCUT2D eigenvalue weighted by atomic mass is 10.3. The van der Waals surface area contributed by atoms with Crippen molar-refractivity contribution in [3.63, 3.8) is 0 Å². The molecule has 2 rings (SSSR count). The summed E-state index contributed by atoms with van der Waals surface area (Å²) >= 11 is 0. The van der Waals surface area contributed by atoms with Crippen LogP contribution in [0.3, 0.4) is 0 Å². The zero-order valence-electron chi connectivity index (χ0n) is 10.4. The Morgan fingerprint density at radius 1 is 1.47 bits per heavy atom. The van der Waals surface area contributed by atoms with Gasteiger partial charge in [0.2, 0.25) is 10.0 Å². The Bertz CT molecular complexity index is 580. The van der Waals surface area contributed by atoms with Crippen molar-refractivity contribution in [1.82, 2.24) is 4.31 Å². The molecular weight excluding hydrogens is 270 g/mol. The number of aliphatic carboxylic acids is 1. The normalized spacial score (nSPS) is 15.5. The highest BCUT2D eigenvalue weighted by Crippen LogP contribution is 2.32. The number of nitrogens with zero attached hydrogens (tertiary/aromatic N) is 1. The standard InChI is InChI=1S/C12H15NO5S/c1-18-10-3-2-4-11(7-10)19(16,17)13(8-12(14)15)9-5-6-9/h2-4,7,9H,5-6,8H2,1H3,(H,14,15). The topological polar surface area (TPSA) is 83.9 Å². The monoisotopic (exact) mass is 285 g/mol. The van der Waals surface area contributed by atoms with Gasteiger partial charge in [-0.25, -0.2) is 8.42 Å². The molecule has 0 aromatic heterocycles. The summed E-state index contributed by atoms with van der Waals surface area (Å²) in [5, 5.41) is 8.84. The molecule has 104 valence electrons. The molecule has 1 N–H and O–H groups in total. The minimum Gasteiger partial charge on any atom is -0.497 e. The number of benzene rings is 1. The van der Waals surface area contributed by atoms with E-state index in [2.05, 4.69) is 0 Å². The lowest BCUT2D eigenvalue weighted by molar-refractivity contribution is -0.137. The fourth-order valence-corrected chi connectivity index (χ4v) is 3.47. The van der Waals surface area contributed by atoms with Gasteiger partial charge in [-0.2, -0.15) is 4.31 Å². The number of hydrogen-bond donors (Lipinski definition) is 1. The van der Waals surface area contributed by atoms with Gasteiger partial charge >= 0.3 is 5.97 Å². The van der Waals surface area contributed by atoms with Crippen molar-refractivity contribution >= 4 is 16.0 Å². The summed E-state index contributed by atoms with van der Waals surface area (Å²) in [6, 6.07) is 5.84. The van der Waals surface area contributed by atoms with Gasteiger partial charge in [0.05, 0.1) is 12.0 Å². The summed E-state index contributed by atoms with van der Waals surface area (Å²) in [6.07, 6.45) is 1.41. The third-order valence-electron chi connectivity index (χ3n) is 2.89. The van der Waals surface area contributed by atoms with Crippen LogP contribution in [0.5, 0.6) is 5.75 Å². The van der Waals surface area contributed by atoms with Crippen LogP contribution in [0.4, 0.5) is 0 Å². The van der Waals surface area contributed by atoms with E-state index in [1.807, 2.05) is 0 Å². The molecule has 0 amide bonds. The Hall–Kier alpha value is -1.60. The molecule has 1 aliphatic carbocycles. The molecule has 1 aromatic rings. The summed E-state index contributed by atoms with van der Waals surface area (Å²) in [4.78, 5) is 10.9. The van der Waals surface area contributed by atoms with Crippen LogP contribution in [0.1, 0.15) is 12.8 Å². The van der Waals surface area contributed by atoms with E-state index >= 15 is 0 Å². The number of rotatable bonds is 6. The van der Waals surface area contributed by atoms with E-state index in [9.17, 15) is 13.2 Å². The van der Waals surface area contributed by atoms with E-state index in [-0.39, 0.29) is 10.9 Å². The van der Waals surface area contributed by atoms with Gasteiger partial charge in [0, 0.05) is 12.1 Å². The Morgan fingerprint density at radius 3 is 2.68 bits per heavy atom. The molecule has 0 atom stereocenters. The smallest absolute Gasteiger partial charge is 0.318 e. The maximum absolute atomic E-state index is 12.4. The number of carbonyl (C=O) groups is 1. The molecule has 0 heterocycles. The van der Waals surface area contributed by atoms with E-state index in [0.717, 1.165) is 4.31 Å². The molecule has 0 radical (unpaired) electrons. The minimum atomic E-state index is -3.79. The van der Waals surface area contributed by atoms with Gasteiger partial charge in [-0.05, 0) is 25.0 Å². The molecule has 7 heteroatoms. The Kier molecular flexibility index (Phi) is 3.77. The van der Waals surface area contributed by atoms with Crippen molar-refractivity contribution in [3.05, 3.63) is 24.3 Å². The predicted octanol–water partition coefficient (Wildman–Crippen LogP) is 0.933. The summed E-state index contributed by atoms with van der Waals surface area (Å²) in [7, 11) is -2.35. The maximum atomic E-state index is 12.4. The van der Waals surface area contributed by atoms with Crippen molar-refractivity contribution in [1.29, 1.82) is 0 Å². The molecule has 0 saturated heterocycles. The summed E-state index contributed by atoms with van der Waals surface area (Å²) in [6.45, 7) is -0.510. The van der Waals surface area contributed by atoms with Gasteiger partial charge in [-0.15, -0.1) is 0 Å². The highest BCUT2D eigenvalue weighted by atomic mass is 32.2. The Morgan fingerprint density at radius 2 is 2.16 bits per heavy atom. The van der Waals surface area contributed by atoms with Crippen molar-refractivity contribution < 1.29 is 23.1 Å². The SMILES string of the molecule is COc1cccc(S(=O)(=O)N(CC(=O)O)C2CC2)c1. The average molecular weight is 285 g/mol. The number of carboxylic acids is 1. The van der Waals surface area contributed by atoms with Crippen LogP contribution in [-0.2, 0) is 14.8 Å². The fraction of sp³-hybridized carbons (Fsp3) is 0.417. The zero-order chi connectivity index (χ0) is 14.0. The minimum absolute atomic E-state index is 0.0556. The van der Waals surface area contributed by atoms with E-state index in [0.29, 0.717) is 18.6 Å². The molecular formula is C12H15NO5S. The van der Waals surface area contributed by atoms with Crippen LogP contribution in [0, 0.1) is 0 Å². The first-order valence-corrected chi connectivity index (χ1v) is 7.27. The quantitative estimate of drug-likeness (QED) is 0.840. The molecule has 0 aliphatic heterocycles. The number of hydrogen-bond acceptors (Lipinski definition) is 4. The molecule has 6 nitrogen and oxygen atoms in total. The van der Waals surface area contributed by atoms with Crippen LogP contribution in [0.25, 0.3) is 0 Å². The van der Waals surface area contributed by atoms with Crippen LogP contribution in [0.15, 0.2) is 29.2 Å². The van der Waals surface area contributed by atoms with Crippen molar-refractivity contribution in [2.45, 2.75) is 23.8 Å². The molecule has 0 bridgehead atoms. The first-order valence-electron chi connectivity index (χ1n) is 5.83. The van der Waals surface area contributed by atoms with Gasteiger partial charge < -0.3 is 9.84 Å². The second-order valence-electron chi connectivity index (χ2n) is 4.35. The molecule has 1 saturated carbocycles. The van der Waals surface area contributed by atoms with E-state index in [1.54, 1.807) is 12.1 Å². The largest absolute Gasteiger partial charge is 0.497 e. The number of sulfonamides is 1. The zero-order valence-corrected chi connectivity index (χ0v) is 11.3. The maximum Gasteiger partial charge on any atom is 0.318 e. The molecule has 0 unspecified atom stereocenters. The summed E-state index contributed by atoms with van der Waals surface area (Å²) in [5.74, 6) is -0.731. The van der Waals surface area contributed by atoms with Gasteiger partial charge in [0.1, 0.15) is 12.3 Å². The first-order chi connectivity index (χ1) is 8.95. The molecule has 1 fully saturated rings. The number of ether oxygens (including phenoxy) is 1. The second-order valence-corrected chi connectivity index (χ2v) is 6.24. The van der Waals surface area contributed by atoms with E-state index < -0.39 is 22.5 Å². The molecule has 1 aromatic carbocycles. The molecule has 0 spiro atoms. The molecule has 1 aliphatic rings. The van der Waals surface area contributed by atoms with Crippen LogP contribution in [0.2, 0.25) is 0 Å². The van der Waals surface area contributed by atoms with Gasteiger partial charge in [0.15, 0.2) is 0 Å². The predicted molar refractivity (Wildman–Crippen MR) is 67.5 cm³/mol. The molecule has 19 heavy (non-hydrogen) atoms. The van der Waals surface area contributed by atoms with Crippen LogP contribution >= 0.6 is 0 Å². The van der Waals surface area contributed by atoms with Crippen LogP contribution in [-0.4, -0.2) is 43.5 Å². The lowest BCUT2D eigenvalue weighted by Crippen LogP contribution is -2.37. The van der Waals surface area contributed by atoms with Crippen molar-refractivity contribution in [3.8, 4) is 5.75 Å². The van der Waals surface area contributed by atoms with Gasteiger partial charge in [-0.3, -0.25) is 4.79 Å². The van der Waals surface area contributed by atoms with E-state index in [1.165, 1.54) is 19.2 Å². The number of carboxylic acid groups (broad SMARTS) is 1. The van der Waals surface area contributed by atoms with E-state index in [4.69, 9.17) is 9.84 Å². The second kappa shape index (κ2) is 5.18. The summed E-state index contributed by atoms with van der Waals surface area (Å²) in [5.41, 5.74) is 0. The van der Waals surface area contributed by atoms with Gasteiger partial charge in [-0.1, -0.05) is 6.07 Å². The fourth-order valence-electron chi connectivity index (χ4n) is 1.80. The third-order valence-corrected chi connectivity index (χ3v) is 4.79. The first kappa shape index (κ1) is 13.8. The average Bonchev–Trinajstić information content (AvgIpc) is 3.20. The van der Waals surface area contributed by atoms with Crippen molar-refractivity contribution in [2.75, 3.05) is 13.7 Å². The lowest BCUT2D eigenvalue weighted by Gasteiger charge is -2.20. The summed E-state index contributed by atoms with van der Waals surface area (Å²) < 4.78 is 30.9. The number of methoxy groups -OCH3 is 1. The van der Waals surface area contributed by atoms with Crippen LogP contribution < -0.4 is 4.74 Å². The Balaban J connectivity index is 2.35. The highest BCUT2D eigenvalue weighted by molar-refractivity contribution is 7.89. The third kappa shape index (κ3) is 3.05.